The molecule has 0 aromatic rings. The van der Waals surface area contributed by atoms with Crippen LogP contribution in [0.1, 0.15) is 40.5 Å². The molecule has 0 saturated heterocycles. The molecule has 0 aromatic heterocycles. The van der Waals surface area contributed by atoms with Crippen molar-refractivity contribution >= 4 is 5.78 Å². The molecule has 2 atom stereocenters. The molecule has 1 rings (SSSR count). The van der Waals surface area contributed by atoms with Gasteiger partial charge in [-0.15, -0.1) is 6.58 Å². The van der Waals surface area contributed by atoms with Crippen molar-refractivity contribution in [2.75, 3.05) is 0 Å². The van der Waals surface area contributed by atoms with E-state index in [1.807, 2.05) is 26.8 Å². The lowest BCUT2D eigenvalue weighted by Gasteiger charge is -2.40. The van der Waals surface area contributed by atoms with Crippen LogP contribution in [0.25, 0.3) is 0 Å². The fourth-order valence-electron chi connectivity index (χ4n) is 2.56. The molecule has 0 heterocycles. The van der Waals surface area contributed by atoms with E-state index in [2.05, 4.69) is 20.1 Å². The van der Waals surface area contributed by atoms with Gasteiger partial charge in [-0.3, -0.25) is 4.79 Å². The van der Waals surface area contributed by atoms with Crippen molar-refractivity contribution in [2.24, 2.45) is 11.3 Å². The average molecular weight is 218 g/mol. The number of allylic oxidation sites excluding steroid dienone is 4. The highest BCUT2D eigenvalue weighted by molar-refractivity contribution is 5.97. The van der Waals surface area contributed by atoms with Crippen molar-refractivity contribution in [3.05, 3.63) is 36.0 Å². The predicted octanol–water partition coefficient (Wildman–Crippen LogP) is 4.07. The third-order valence-electron chi connectivity index (χ3n) is 3.75. The lowest BCUT2D eigenvalue weighted by atomic mass is 9.63. The summed E-state index contributed by atoms with van der Waals surface area (Å²) >= 11 is 0. The zero-order valence-corrected chi connectivity index (χ0v) is 10.9. The Hall–Kier alpha value is -1.11. The maximum Gasteiger partial charge on any atom is 0.159 e. The van der Waals surface area contributed by atoms with Gasteiger partial charge in [-0.1, -0.05) is 30.7 Å². The van der Waals surface area contributed by atoms with Crippen LogP contribution >= 0.6 is 0 Å². The molecule has 0 bridgehead atoms. The van der Waals surface area contributed by atoms with Gasteiger partial charge < -0.3 is 0 Å². The van der Waals surface area contributed by atoms with Crippen molar-refractivity contribution in [2.45, 2.75) is 40.5 Å². The smallest absolute Gasteiger partial charge is 0.159 e. The largest absolute Gasteiger partial charge is 0.295 e. The van der Waals surface area contributed by atoms with Gasteiger partial charge in [0.1, 0.15) is 0 Å². The number of hydrogen-bond donors (Lipinski definition) is 0. The van der Waals surface area contributed by atoms with Crippen LogP contribution in [0.2, 0.25) is 0 Å². The Labute approximate surface area is 98.9 Å². The van der Waals surface area contributed by atoms with Gasteiger partial charge in [0, 0.05) is 6.42 Å². The zero-order valence-electron chi connectivity index (χ0n) is 10.9. The fraction of sp³-hybridized carbons (Fsp3) is 0.533. The van der Waals surface area contributed by atoms with Crippen LogP contribution in [0.4, 0.5) is 0 Å². The summed E-state index contributed by atoms with van der Waals surface area (Å²) in [6.07, 6.45) is 3.31. The minimum absolute atomic E-state index is 0.123. The van der Waals surface area contributed by atoms with Gasteiger partial charge in [-0.05, 0) is 44.1 Å². The maximum atomic E-state index is 12.0. The summed E-state index contributed by atoms with van der Waals surface area (Å²) in [5.41, 5.74) is 3.16. The molecule has 0 aliphatic heterocycles. The molecule has 1 nitrogen and oxygen atoms in total. The van der Waals surface area contributed by atoms with Gasteiger partial charge in [-0.25, -0.2) is 0 Å². The number of rotatable bonds is 2. The monoisotopic (exact) mass is 218 g/mol. The Balaban J connectivity index is 3.15. The van der Waals surface area contributed by atoms with E-state index in [0.717, 1.165) is 23.1 Å². The molecule has 1 unspecified atom stereocenters. The van der Waals surface area contributed by atoms with Crippen molar-refractivity contribution < 1.29 is 4.79 Å². The second-order valence-corrected chi connectivity index (χ2v) is 5.39. The first-order valence-electron chi connectivity index (χ1n) is 5.80. The third-order valence-corrected chi connectivity index (χ3v) is 3.75. The number of carbonyl (C=O) groups excluding carboxylic acids is 1. The summed E-state index contributed by atoms with van der Waals surface area (Å²) in [5, 5.41) is 0. The molecular weight excluding hydrogens is 196 g/mol. The van der Waals surface area contributed by atoms with Gasteiger partial charge >= 0.3 is 0 Å². The van der Waals surface area contributed by atoms with Gasteiger partial charge in [-0.2, -0.15) is 0 Å². The predicted molar refractivity (Wildman–Crippen MR) is 69.2 cm³/mol. The molecule has 0 amide bonds. The molecular formula is C15H22O. The normalized spacial score (nSPS) is 30.1. The topological polar surface area (TPSA) is 17.1 Å². The van der Waals surface area contributed by atoms with E-state index in [1.165, 1.54) is 0 Å². The molecule has 0 aromatic carbocycles. The quantitative estimate of drug-likeness (QED) is 0.504. The number of carbonyl (C=O) groups is 1. The number of Topliss-reactive ketones (excluding diaryl/α,β-unsaturated/α-hetero) is 1. The Bertz CT molecular complexity index is 369. The Kier molecular flexibility index (Phi) is 3.57. The molecule has 0 N–H and O–H groups in total. The first kappa shape index (κ1) is 13.0. The lowest BCUT2D eigenvalue weighted by Crippen LogP contribution is -2.35. The first-order chi connectivity index (χ1) is 7.31. The van der Waals surface area contributed by atoms with Crippen LogP contribution in [0.5, 0.6) is 0 Å². The fourth-order valence-corrected chi connectivity index (χ4v) is 2.56. The van der Waals surface area contributed by atoms with Crippen molar-refractivity contribution in [3.8, 4) is 0 Å². The highest BCUT2D eigenvalue weighted by atomic mass is 16.1. The van der Waals surface area contributed by atoms with Crippen LogP contribution in [-0.2, 0) is 4.79 Å². The molecule has 1 saturated carbocycles. The Morgan fingerprint density at radius 1 is 1.44 bits per heavy atom. The molecule has 1 heteroatoms. The summed E-state index contributed by atoms with van der Waals surface area (Å²) in [7, 11) is 0. The Morgan fingerprint density at radius 3 is 2.38 bits per heavy atom. The number of ketones is 1. The standard InChI is InChI=1S/C15H22O/c1-7-15(6)9-14(16)12(10(2)3)8-13(15)11(4)5/h7,13H,1,4,8-9H2,2-3,5-6H3/t13?,15-/m1/s1. The van der Waals surface area contributed by atoms with E-state index in [0.29, 0.717) is 12.3 Å². The summed E-state index contributed by atoms with van der Waals surface area (Å²) in [5.74, 6) is 0.618. The van der Waals surface area contributed by atoms with E-state index in [-0.39, 0.29) is 11.2 Å². The van der Waals surface area contributed by atoms with Gasteiger partial charge in [0.25, 0.3) is 0 Å². The zero-order chi connectivity index (χ0) is 12.5. The van der Waals surface area contributed by atoms with E-state index < -0.39 is 0 Å². The van der Waals surface area contributed by atoms with E-state index >= 15 is 0 Å². The molecule has 88 valence electrons. The second-order valence-electron chi connectivity index (χ2n) is 5.39. The number of hydrogen-bond acceptors (Lipinski definition) is 1. The molecule has 0 spiro atoms. The van der Waals surface area contributed by atoms with Crippen LogP contribution in [-0.4, -0.2) is 5.78 Å². The van der Waals surface area contributed by atoms with Crippen molar-refractivity contribution in [1.82, 2.24) is 0 Å². The minimum Gasteiger partial charge on any atom is -0.295 e. The second kappa shape index (κ2) is 4.40. The first-order valence-corrected chi connectivity index (χ1v) is 5.80. The van der Waals surface area contributed by atoms with Gasteiger partial charge in [0.05, 0.1) is 0 Å². The van der Waals surface area contributed by atoms with Crippen LogP contribution < -0.4 is 0 Å². The highest BCUT2D eigenvalue weighted by Gasteiger charge is 2.40. The van der Waals surface area contributed by atoms with Crippen molar-refractivity contribution in [1.29, 1.82) is 0 Å². The Morgan fingerprint density at radius 2 is 2.00 bits per heavy atom. The summed E-state index contributed by atoms with van der Waals surface area (Å²) < 4.78 is 0. The minimum atomic E-state index is -0.123. The lowest BCUT2D eigenvalue weighted by molar-refractivity contribution is -0.119. The summed E-state index contributed by atoms with van der Waals surface area (Å²) in [6, 6.07) is 0. The third kappa shape index (κ3) is 2.18. The van der Waals surface area contributed by atoms with Crippen LogP contribution in [0.15, 0.2) is 36.0 Å². The van der Waals surface area contributed by atoms with Crippen LogP contribution in [0, 0.1) is 11.3 Å². The molecule has 16 heavy (non-hydrogen) atoms. The summed E-state index contributed by atoms with van der Waals surface area (Å²) in [4.78, 5) is 12.0. The highest BCUT2D eigenvalue weighted by Crippen LogP contribution is 2.46. The molecule has 1 aliphatic carbocycles. The molecule has 1 aliphatic rings. The van der Waals surface area contributed by atoms with E-state index in [1.54, 1.807) is 0 Å². The molecule has 1 fully saturated rings. The van der Waals surface area contributed by atoms with Gasteiger partial charge in [0.15, 0.2) is 5.78 Å². The van der Waals surface area contributed by atoms with E-state index in [4.69, 9.17) is 0 Å². The molecule has 0 radical (unpaired) electrons. The average Bonchev–Trinajstić information content (AvgIpc) is 2.16. The SMILES string of the molecule is C=C[C@]1(C)CC(=O)C(=C(C)C)CC1C(=C)C. The van der Waals surface area contributed by atoms with Crippen molar-refractivity contribution in [3.63, 3.8) is 0 Å². The summed E-state index contributed by atoms with van der Waals surface area (Å²) in [6.45, 7) is 16.1. The van der Waals surface area contributed by atoms with E-state index in [9.17, 15) is 4.79 Å². The van der Waals surface area contributed by atoms with Crippen LogP contribution in [0.3, 0.4) is 0 Å². The van der Waals surface area contributed by atoms with Gasteiger partial charge in [0.2, 0.25) is 0 Å². The maximum absolute atomic E-state index is 12.0.